The van der Waals surface area contributed by atoms with Gasteiger partial charge in [-0.25, -0.2) is 0 Å². The average molecular weight is 293 g/mol. The van der Waals surface area contributed by atoms with Crippen LogP contribution in [0.25, 0.3) is 0 Å². The molecule has 0 spiro atoms. The minimum Gasteiger partial charge on any atom is -0.385 e. The molecule has 2 N–H and O–H groups in total. The van der Waals surface area contributed by atoms with E-state index in [9.17, 15) is 4.79 Å². The minimum absolute atomic E-state index is 0.0440. The molecule has 1 amide bonds. The van der Waals surface area contributed by atoms with Crippen molar-refractivity contribution in [3.05, 3.63) is 30.3 Å². The lowest BCUT2D eigenvalue weighted by atomic mass is 10.3. The number of nitrogens with zero attached hydrogens (tertiary/aromatic N) is 1. The number of benzene rings is 1. The Hall–Kier alpha value is -1.59. The summed E-state index contributed by atoms with van der Waals surface area (Å²) in [5, 5.41) is 6.01. The number of amides is 1. The Morgan fingerprint density at radius 3 is 2.67 bits per heavy atom. The van der Waals surface area contributed by atoms with Crippen LogP contribution in [0.4, 0.5) is 5.69 Å². The number of para-hydroxylation sites is 1. The molecule has 0 aliphatic heterocycles. The van der Waals surface area contributed by atoms with Crippen LogP contribution < -0.4 is 15.5 Å². The van der Waals surface area contributed by atoms with Crippen molar-refractivity contribution in [2.24, 2.45) is 0 Å². The second-order valence-corrected chi connectivity index (χ2v) is 4.98. The van der Waals surface area contributed by atoms with Gasteiger partial charge >= 0.3 is 0 Å². The van der Waals surface area contributed by atoms with Crippen molar-refractivity contribution >= 4 is 11.6 Å². The standard InChI is InChI=1S/C16H27N3O2/c1-19(15-8-4-3-5-9-15)12-6-10-17-14-16(20)18-11-7-13-21-2/h3-5,8-9,17H,6-7,10-14H2,1-2H3,(H,18,20). The number of rotatable bonds is 11. The Balaban J connectivity index is 2.00. The monoisotopic (exact) mass is 293 g/mol. The molecule has 0 radical (unpaired) electrons. The summed E-state index contributed by atoms with van der Waals surface area (Å²) in [4.78, 5) is 13.7. The molecule has 0 unspecified atom stereocenters. The molecule has 0 aliphatic rings. The van der Waals surface area contributed by atoms with Gasteiger partial charge in [0.25, 0.3) is 0 Å². The molecule has 0 fully saturated rings. The third kappa shape index (κ3) is 8.32. The summed E-state index contributed by atoms with van der Waals surface area (Å²) in [7, 11) is 3.74. The number of ether oxygens (including phenoxy) is 1. The zero-order valence-electron chi connectivity index (χ0n) is 13.1. The van der Waals surface area contributed by atoms with E-state index in [0.717, 1.165) is 25.9 Å². The molecule has 0 saturated heterocycles. The van der Waals surface area contributed by atoms with Gasteiger partial charge in [-0.15, -0.1) is 0 Å². The van der Waals surface area contributed by atoms with E-state index in [0.29, 0.717) is 19.7 Å². The molecule has 5 heteroatoms. The lowest BCUT2D eigenvalue weighted by Crippen LogP contribution is -2.35. The largest absolute Gasteiger partial charge is 0.385 e. The van der Waals surface area contributed by atoms with Gasteiger partial charge in [0.1, 0.15) is 0 Å². The van der Waals surface area contributed by atoms with Gasteiger partial charge in [0.05, 0.1) is 6.54 Å². The fourth-order valence-electron chi connectivity index (χ4n) is 1.96. The Morgan fingerprint density at radius 1 is 1.19 bits per heavy atom. The van der Waals surface area contributed by atoms with Crippen molar-refractivity contribution in [1.29, 1.82) is 0 Å². The molecular formula is C16H27N3O2. The molecule has 1 aromatic carbocycles. The number of carbonyl (C=O) groups excluding carboxylic acids is 1. The maximum atomic E-state index is 11.5. The summed E-state index contributed by atoms with van der Waals surface area (Å²) in [6.45, 7) is 3.53. The highest BCUT2D eigenvalue weighted by atomic mass is 16.5. The van der Waals surface area contributed by atoms with Crippen molar-refractivity contribution in [3.63, 3.8) is 0 Å². The van der Waals surface area contributed by atoms with E-state index in [4.69, 9.17) is 4.74 Å². The van der Waals surface area contributed by atoms with Crippen LogP contribution in [-0.2, 0) is 9.53 Å². The topological polar surface area (TPSA) is 53.6 Å². The minimum atomic E-state index is 0.0440. The zero-order chi connectivity index (χ0) is 15.3. The molecule has 0 aliphatic carbocycles. The third-order valence-electron chi connectivity index (χ3n) is 3.18. The number of nitrogens with one attached hydrogen (secondary N) is 2. The van der Waals surface area contributed by atoms with Crippen LogP contribution in [0.15, 0.2) is 30.3 Å². The SMILES string of the molecule is COCCCNC(=O)CNCCCN(C)c1ccccc1. The lowest BCUT2D eigenvalue weighted by molar-refractivity contribution is -0.120. The molecule has 0 saturated carbocycles. The summed E-state index contributed by atoms with van der Waals surface area (Å²) in [5.41, 5.74) is 1.22. The van der Waals surface area contributed by atoms with E-state index in [-0.39, 0.29) is 5.91 Å². The van der Waals surface area contributed by atoms with Crippen LogP contribution in [0.1, 0.15) is 12.8 Å². The fraction of sp³-hybridized carbons (Fsp3) is 0.562. The summed E-state index contributed by atoms with van der Waals surface area (Å²) < 4.78 is 4.92. The van der Waals surface area contributed by atoms with Gasteiger partial charge in [-0.05, 0) is 31.5 Å². The highest BCUT2D eigenvalue weighted by Crippen LogP contribution is 2.10. The Bertz CT molecular complexity index is 384. The van der Waals surface area contributed by atoms with Gasteiger partial charge in [-0.2, -0.15) is 0 Å². The quantitative estimate of drug-likeness (QED) is 0.603. The molecular weight excluding hydrogens is 266 g/mol. The molecule has 0 heterocycles. The van der Waals surface area contributed by atoms with Crippen molar-refractivity contribution < 1.29 is 9.53 Å². The van der Waals surface area contributed by atoms with E-state index in [1.807, 2.05) is 18.2 Å². The second kappa shape index (κ2) is 11.1. The summed E-state index contributed by atoms with van der Waals surface area (Å²) >= 11 is 0. The first kappa shape index (κ1) is 17.5. The number of methoxy groups -OCH3 is 1. The highest BCUT2D eigenvalue weighted by molar-refractivity contribution is 5.77. The van der Waals surface area contributed by atoms with E-state index >= 15 is 0 Å². The molecule has 21 heavy (non-hydrogen) atoms. The molecule has 0 bridgehead atoms. The van der Waals surface area contributed by atoms with Crippen molar-refractivity contribution in [1.82, 2.24) is 10.6 Å². The average Bonchev–Trinajstić information content (AvgIpc) is 2.52. The van der Waals surface area contributed by atoms with Crippen LogP contribution in [-0.4, -0.2) is 52.9 Å². The lowest BCUT2D eigenvalue weighted by Gasteiger charge is -2.19. The van der Waals surface area contributed by atoms with E-state index in [1.165, 1.54) is 5.69 Å². The predicted octanol–water partition coefficient (Wildman–Crippen LogP) is 1.26. The second-order valence-electron chi connectivity index (χ2n) is 4.98. The number of carbonyl (C=O) groups is 1. The molecule has 0 atom stereocenters. The molecule has 1 rings (SSSR count). The van der Waals surface area contributed by atoms with E-state index in [2.05, 4.69) is 34.7 Å². The fourth-order valence-corrected chi connectivity index (χ4v) is 1.96. The van der Waals surface area contributed by atoms with Crippen LogP contribution in [0.5, 0.6) is 0 Å². The van der Waals surface area contributed by atoms with Crippen LogP contribution in [0, 0.1) is 0 Å². The van der Waals surface area contributed by atoms with Crippen molar-refractivity contribution in [2.75, 3.05) is 51.8 Å². The van der Waals surface area contributed by atoms with Crippen LogP contribution in [0.3, 0.4) is 0 Å². The summed E-state index contributed by atoms with van der Waals surface area (Å²) in [6.07, 6.45) is 1.85. The van der Waals surface area contributed by atoms with Gasteiger partial charge in [-0.1, -0.05) is 18.2 Å². The molecule has 118 valence electrons. The van der Waals surface area contributed by atoms with Crippen molar-refractivity contribution in [2.45, 2.75) is 12.8 Å². The van der Waals surface area contributed by atoms with E-state index in [1.54, 1.807) is 7.11 Å². The first-order valence-electron chi connectivity index (χ1n) is 7.46. The van der Waals surface area contributed by atoms with Crippen molar-refractivity contribution in [3.8, 4) is 0 Å². The Labute approximate surface area is 127 Å². The van der Waals surface area contributed by atoms with Gasteiger partial charge in [0.15, 0.2) is 0 Å². The number of hydrogen-bond acceptors (Lipinski definition) is 4. The predicted molar refractivity (Wildman–Crippen MR) is 86.7 cm³/mol. The normalized spacial score (nSPS) is 10.4. The van der Waals surface area contributed by atoms with Gasteiger partial charge in [0, 0.05) is 39.5 Å². The molecule has 1 aromatic rings. The maximum absolute atomic E-state index is 11.5. The highest BCUT2D eigenvalue weighted by Gasteiger charge is 2.01. The van der Waals surface area contributed by atoms with Gasteiger partial charge in [0.2, 0.25) is 5.91 Å². The summed E-state index contributed by atoms with van der Waals surface area (Å²) in [6, 6.07) is 10.3. The van der Waals surface area contributed by atoms with E-state index < -0.39 is 0 Å². The van der Waals surface area contributed by atoms with Gasteiger partial charge in [-0.3, -0.25) is 4.79 Å². The Kier molecular flexibility index (Phi) is 9.24. The smallest absolute Gasteiger partial charge is 0.233 e. The molecule has 5 nitrogen and oxygen atoms in total. The van der Waals surface area contributed by atoms with Crippen LogP contribution >= 0.6 is 0 Å². The Morgan fingerprint density at radius 2 is 1.95 bits per heavy atom. The third-order valence-corrected chi connectivity index (χ3v) is 3.18. The number of hydrogen-bond donors (Lipinski definition) is 2. The zero-order valence-corrected chi connectivity index (χ0v) is 13.1. The van der Waals surface area contributed by atoms with Crippen LogP contribution in [0.2, 0.25) is 0 Å². The summed E-state index contributed by atoms with van der Waals surface area (Å²) in [5.74, 6) is 0.0440. The van der Waals surface area contributed by atoms with Gasteiger partial charge < -0.3 is 20.3 Å². The first-order chi connectivity index (χ1) is 10.2. The maximum Gasteiger partial charge on any atom is 0.233 e. The molecule has 0 aromatic heterocycles. The number of anilines is 1. The first-order valence-corrected chi connectivity index (χ1v) is 7.46.